The minimum Gasteiger partial charge on any atom is -0.493 e. The maximum absolute atomic E-state index is 12.4. The van der Waals surface area contributed by atoms with E-state index in [9.17, 15) is 4.79 Å². The van der Waals surface area contributed by atoms with Crippen LogP contribution >= 0.6 is 22.9 Å². The number of benzene rings is 1. The van der Waals surface area contributed by atoms with Crippen LogP contribution in [0.4, 0.5) is 5.13 Å². The van der Waals surface area contributed by atoms with E-state index in [4.69, 9.17) is 21.1 Å². The highest BCUT2D eigenvalue weighted by Gasteiger charge is 2.17. The zero-order valence-corrected chi connectivity index (χ0v) is 15.6. The molecule has 0 saturated heterocycles. The Kier molecular flexibility index (Phi) is 6.39. The first-order valence-electron chi connectivity index (χ1n) is 7.61. The summed E-state index contributed by atoms with van der Waals surface area (Å²) in [6.07, 6.45) is 0.844. The van der Waals surface area contributed by atoms with Crippen molar-refractivity contribution < 1.29 is 14.3 Å². The maximum atomic E-state index is 12.4. The van der Waals surface area contributed by atoms with Crippen molar-refractivity contribution in [1.82, 2.24) is 10.2 Å². The smallest absolute Gasteiger partial charge is 0.257 e. The van der Waals surface area contributed by atoms with E-state index >= 15 is 0 Å². The van der Waals surface area contributed by atoms with E-state index in [2.05, 4.69) is 15.5 Å². The molecule has 24 heavy (non-hydrogen) atoms. The van der Waals surface area contributed by atoms with E-state index in [0.717, 1.165) is 11.4 Å². The maximum Gasteiger partial charge on any atom is 0.257 e. The first kappa shape index (κ1) is 18.5. The summed E-state index contributed by atoms with van der Waals surface area (Å²) in [5, 5.41) is 12.4. The van der Waals surface area contributed by atoms with Crippen molar-refractivity contribution in [1.29, 1.82) is 0 Å². The summed E-state index contributed by atoms with van der Waals surface area (Å²) in [6, 6.07) is 3.14. The molecule has 0 unspecified atom stereocenters. The fourth-order valence-corrected chi connectivity index (χ4v) is 2.89. The molecule has 0 spiro atoms. The number of carbonyl (C=O) groups is 1. The average Bonchev–Trinajstić information content (AvgIpc) is 3.01. The Hall–Kier alpha value is -1.86. The molecule has 0 aliphatic heterocycles. The van der Waals surface area contributed by atoms with Crippen LogP contribution in [-0.4, -0.2) is 29.8 Å². The van der Waals surface area contributed by atoms with Crippen molar-refractivity contribution in [3.63, 3.8) is 0 Å². The fraction of sp³-hybridized carbons (Fsp3) is 0.438. The minimum absolute atomic E-state index is 0.262. The van der Waals surface area contributed by atoms with Crippen LogP contribution in [0.25, 0.3) is 0 Å². The third-order valence-corrected chi connectivity index (χ3v) is 4.52. The molecule has 8 heteroatoms. The Morgan fingerprint density at radius 3 is 2.71 bits per heavy atom. The van der Waals surface area contributed by atoms with Crippen LogP contribution in [0.1, 0.15) is 48.5 Å². The lowest BCUT2D eigenvalue weighted by Gasteiger charge is -2.13. The van der Waals surface area contributed by atoms with Gasteiger partial charge in [-0.1, -0.05) is 43.7 Å². The molecule has 1 aromatic carbocycles. The second-order valence-corrected chi connectivity index (χ2v) is 6.81. The molecule has 2 aromatic rings. The lowest BCUT2D eigenvalue weighted by molar-refractivity contribution is 0.102. The quantitative estimate of drug-likeness (QED) is 0.784. The third kappa shape index (κ3) is 4.36. The number of methoxy groups -OCH3 is 1. The number of aromatic nitrogens is 2. The molecule has 0 bridgehead atoms. The average molecular weight is 370 g/mol. The number of nitrogens with zero attached hydrogens (tertiary/aromatic N) is 2. The predicted octanol–water partition coefficient (Wildman–Crippen LogP) is 4.36. The normalized spacial score (nSPS) is 10.8. The summed E-state index contributed by atoms with van der Waals surface area (Å²) >= 11 is 7.58. The second-order valence-electron chi connectivity index (χ2n) is 5.39. The van der Waals surface area contributed by atoms with Crippen LogP contribution in [0.15, 0.2) is 12.1 Å². The van der Waals surface area contributed by atoms with Gasteiger partial charge in [0.1, 0.15) is 5.01 Å². The predicted molar refractivity (Wildman–Crippen MR) is 95.7 cm³/mol. The zero-order valence-electron chi connectivity index (χ0n) is 14.1. The fourth-order valence-electron chi connectivity index (χ4n) is 1.88. The standard InChI is InChI=1S/C16H20ClN3O3S/c1-5-6-23-13-11(17)7-10(8-12(13)22-4)14(21)18-16-20-19-15(24-16)9(2)3/h7-9H,5-6H2,1-4H3,(H,18,20,21). The number of nitrogens with one attached hydrogen (secondary N) is 1. The lowest BCUT2D eigenvalue weighted by Crippen LogP contribution is -2.12. The van der Waals surface area contributed by atoms with E-state index < -0.39 is 0 Å². The molecular weight excluding hydrogens is 350 g/mol. The number of hydrogen-bond acceptors (Lipinski definition) is 6. The number of anilines is 1. The third-order valence-electron chi connectivity index (χ3n) is 3.10. The molecule has 2 rings (SSSR count). The van der Waals surface area contributed by atoms with Gasteiger partial charge in [0.25, 0.3) is 5.91 Å². The molecule has 130 valence electrons. The molecule has 1 N–H and O–H groups in total. The summed E-state index contributed by atoms with van der Waals surface area (Å²) in [4.78, 5) is 12.4. The van der Waals surface area contributed by atoms with Crippen LogP contribution in [0.3, 0.4) is 0 Å². The van der Waals surface area contributed by atoms with Crippen molar-refractivity contribution in [3.05, 3.63) is 27.7 Å². The van der Waals surface area contributed by atoms with Crippen molar-refractivity contribution in [2.75, 3.05) is 19.0 Å². The van der Waals surface area contributed by atoms with Crippen molar-refractivity contribution in [2.45, 2.75) is 33.1 Å². The van der Waals surface area contributed by atoms with Gasteiger partial charge in [0, 0.05) is 11.5 Å². The summed E-state index contributed by atoms with van der Waals surface area (Å²) in [5.74, 6) is 0.790. The highest BCUT2D eigenvalue weighted by molar-refractivity contribution is 7.15. The van der Waals surface area contributed by atoms with Gasteiger partial charge >= 0.3 is 0 Å². The van der Waals surface area contributed by atoms with Crippen LogP contribution in [0, 0.1) is 0 Å². The summed E-state index contributed by atoms with van der Waals surface area (Å²) < 4.78 is 10.9. The van der Waals surface area contributed by atoms with Gasteiger partial charge in [-0.05, 0) is 18.6 Å². The highest BCUT2D eigenvalue weighted by atomic mass is 35.5. The Morgan fingerprint density at radius 2 is 2.12 bits per heavy atom. The number of ether oxygens (including phenoxy) is 2. The van der Waals surface area contributed by atoms with E-state index in [1.807, 2.05) is 20.8 Å². The molecule has 1 aromatic heterocycles. The number of rotatable bonds is 7. The van der Waals surface area contributed by atoms with Gasteiger partial charge < -0.3 is 9.47 Å². The number of halogens is 1. The first-order chi connectivity index (χ1) is 11.5. The van der Waals surface area contributed by atoms with Gasteiger partial charge in [0.2, 0.25) is 5.13 Å². The highest BCUT2D eigenvalue weighted by Crippen LogP contribution is 2.36. The van der Waals surface area contributed by atoms with Gasteiger partial charge in [-0.2, -0.15) is 0 Å². The number of carbonyl (C=O) groups excluding carboxylic acids is 1. The monoisotopic (exact) mass is 369 g/mol. The van der Waals surface area contributed by atoms with Gasteiger partial charge in [-0.25, -0.2) is 0 Å². The minimum atomic E-state index is -0.330. The topological polar surface area (TPSA) is 73.3 Å². The Bertz CT molecular complexity index is 719. The lowest BCUT2D eigenvalue weighted by atomic mass is 10.2. The van der Waals surface area contributed by atoms with E-state index in [1.54, 1.807) is 12.1 Å². The van der Waals surface area contributed by atoms with Gasteiger partial charge in [-0.3, -0.25) is 10.1 Å². The Balaban J connectivity index is 2.20. The van der Waals surface area contributed by atoms with Crippen LogP contribution in [0.2, 0.25) is 5.02 Å². The molecule has 0 saturated carbocycles. The molecule has 0 aliphatic carbocycles. The second kappa shape index (κ2) is 8.30. The van der Waals surface area contributed by atoms with Crippen molar-refractivity contribution in [2.24, 2.45) is 0 Å². The summed E-state index contributed by atoms with van der Waals surface area (Å²) in [5.41, 5.74) is 0.363. The van der Waals surface area contributed by atoms with Crippen LogP contribution in [-0.2, 0) is 0 Å². The van der Waals surface area contributed by atoms with Gasteiger partial charge in [0.05, 0.1) is 18.7 Å². The van der Waals surface area contributed by atoms with Crippen molar-refractivity contribution in [3.8, 4) is 11.5 Å². The van der Waals surface area contributed by atoms with Gasteiger partial charge in [-0.15, -0.1) is 10.2 Å². The zero-order chi connectivity index (χ0) is 17.7. The molecule has 0 aliphatic rings. The van der Waals surface area contributed by atoms with Crippen molar-refractivity contribution >= 4 is 34.0 Å². The molecule has 0 radical (unpaired) electrons. The molecule has 1 amide bonds. The number of amides is 1. The van der Waals surface area contributed by atoms with Gasteiger partial charge in [0.15, 0.2) is 11.5 Å². The Labute approximate surface area is 150 Å². The molecular formula is C16H20ClN3O3S. The summed E-state index contributed by atoms with van der Waals surface area (Å²) in [6.45, 7) is 6.55. The van der Waals surface area contributed by atoms with Crippen LogP contribution in [0.5, 0.6) is 11.5 Å². The molecule has 0 fully saturated rings. The van der Waals surface area contributed by atoms with E-state index in [1.165, 1.54) is 18.4 Å². The Morgan fingerprint density at radius 1 is 1.38 bits per heavy atom. The number of hydrogen-bond donors (Lipinski definition) is 1. The molecule has 6 nitrogen and oxygen atoms in total. The molecule has 0 atom stereocenters. The largest absolute Gasteiger partial charge is 0.493 e. The molecule has 1 heterocycles. The van der Waals surface area contributed by atoms with Crippen LogP contribution < -0.4 is 14.8 Å². The van der Waals surface area contributed by atoms with E-state index in [0.29, 0.717) is 33.8 Å². The SMILES string of the molecule is CCCOc1c(Cl)cc(C(=O)Nc2nnc(C(C)C)s2)cc1OC. The first-order valence-corrected chi connectivity index (χ1v) is 8.80. The summed E-state index contributed by atoms with van der Waals surface area (Å²) in [7, 11) is 1.51. The van der Waals surface area contributed by atoms with E-state index in [-0.39, 0.29) is 11.8 Å².